The van der Waals surface area contributed by atoms with Gasteiger partial charge in [0.15, 0.2) is 0 Å². The van der Waals surface area contributed by atoms with Crippen molar-refractivity contribution in [3.8, 4) is 0 Å². The van der Waals surface area contributed by atoms with E-state index in [1.165, 1.54) is 12.8 Å². The van der Waals surface area contributed by atoms with Crippen LogP contribution in [0.4, 0.5) is 0 Å². The average molecular weight is 278 g/mol. The van der Waals surface area contributed by atoms with E-state index in [0.29, 0.717) is 11.7 Å². The second-order valence-corrected chi connectivity index (χ2v) is 6.83. The van der Waals surface area contributed by atoms with Crippen molar-refractivity contribution in [2.24, 2.45) is 5.41 Å². The first-order valence-corrected chi connectivity index (χ1v) is 7.52. The Morgan fingerprint density at radius 2 is 2.10 bits per heavy atom. The van der Waals surface area contributed by atoms with Crippen LogP contribution in [0.2, 0.25) is 0 Å². The quantitative estimate of drug-likeness (QED) is 0.889. The molecule has 4 nitrogen and oxygen atoms in total. The first-order valence-electron chi connectivity index (χ1n) is 7.52. The number of hydrogen-bond acceptors (Lipinski definition) is 2. The smallest absolute Gasteiger partial charge is 0.268 e. The summed E-state index contributed by atoms with van der Waals surface area (Å²) in [5.74, 6) is -0.0924. The number of rotatable bonds is 4. The van der Waals surface area contributed by atoms with E-state index in [-0.39, 0.29) is 17.9 Å². The predicted octanol–water partition coefficient (Wildman–Crippen LogP) is 2.74. The van der Waals surface area contributed by atoms with Crippen molar-refractivity contribution in [3.63, 3.8) is 0 Å². The molecule has 2 N–H and O–H groups in total. The van der Waals surface area contributed by atoms with E-state index in [1.807, 2.05) is 39.1 Å². The summed E-state index contributed by atoms with van der Waals surface area (Å²) < 4.78 is 2.09. The summed E-state index contributed by atoms with van der Waals surface area (Å²) in [5.41, 5.74) is 0.485. The number of aromatic nitrogens is 1. The highest BCUT2D eigenvalue weighted by atomic mass is 16.3. The van der Waals surface area contributed by atoms with Crippen molar-refractivity contribution in [3.05, 3.63) is 24.0 Å². The van der Waals surface area contributed by atoms with E-state index in [1.54, 1.807) is 0 Å². The summed E-state index contributed by atoms with van der Waals surface area (Å²) in [6.07, 6.45) is 6.24. The van der Waals surface area contributed by atoms with Gasteiger partial charge < -0.3 is 15.0 Å². The molecule has 1 fully saturated rings. The Morgan fingerprint density at radius 3 is 2.70 bits per heavy atom. The van der Waals surface area contributed by atoms with Crippen LogP contribution in [0, 0.1) is 5.41 Å². The van der Waals surface area contributed by atoms with Gasteiger partial charge in [-0.2, -0.15) is 0 Å². The van der Waals surface area contributed by atoms with E-state index in [0.717, 1.165) is 12.8 Å². The number of carbonyl (C=O) groups is 1. The molecule has 1 unspecified atom stereocenters. The third kappa shape index (κ3) is 3.42. The second-order valence-electron chi connectivity index (χ2n) is 6.83. The fourth-order valence-electron chi connectivity index (χ4n) is 2.67. The molecule has 0 aromatic carbocycles. The van der Waals surface area contributed by atoms with Crippen LogP contribution in [0.3, 0.4) is 0 Å². The summed E-state index contributed by atoms with van der Waals surface area (Å²) in [5, 5.41) is 12.8. The Kier molecular flexibility index (Phi) is 4.53. The lowest BCUT2D eigenvalue weighted by Gasteiger charge is -2.26. The zero-order chi connectivity index (χ0) is 14.8. The van der Waals surface area contributed by atoms with E-state index in [9.17, 15) is 9.90 Å². The highest BCUT2D eigenvalue weighted by molar-refractivity contribution is 5.92. The molecular weight excluding hydrogens is 252 g/mol. The van der Waals surface area contributed by atoms with E-state index < -0.39 is 6.10 Å². The maximum atomic E-state index is 12.3. The minimum absolute atomic E-state index is 0.0924. The molecule has 1 aromatic rings. The molecule has 1 amide bonds. The highest BCUT2D eigenvalue weighted by Gasteiger charge is 2.24. The van der Waals surface area contributed by atoms with Crippen molar-refractivity contribution in [2.75, 3.05) is 6.54 Å². The molecule has 1 aliphatic rings. The Bertz CT molecular complexity index is 453. The summed E-state index contributed by atoms with van der Waals surface area (Å²) in [6, 6.07) is 4.24. The minimum Gasteiger partial charge on any atom is -0.391 e. The van der Waals surface area contributed by atoms with Gasteiger partial charge in [0, 0.05) is 18.8 Å². The number of aliphatic hydroxyl groups is 1. The zero-order valence-electron chi connectivity index (χ0n) is 12.7. The lowest BCUT2D eigenvalue weighted by Crippen LogP contribution is -2.39. The SMILES string of the molecule is CC(C)(C)C(O)CNC(=O)c1cccn1C1CCCC1. The Hall–Kier alpha value is -1.29. The first-order chi connectivity index (χ1) is 9.39. The van der Waals surface area contributed by atoms with Crippen LogP contribution in [0.1, 0.15) is 63.0 Å². The molecule has 0 radical (unpaired) electrons. The fraction of sp³-hybridized carbons (Fsp3) is 0.688. The zero-order valence-corrected chi connectivity index (χ0v) is 12.7. The Balaban J connectivity index is 1.98. The molecule has 0 saturated heterocycles. The number of nitrogens with zero attached hydrogens (tertiary/aromatic N) is 1. The molecule has 1 heterocycles. The maximum Gasteiger partial charge on any atom is 0.268 e. The van der Waals surface area contributed by atoms with Crippen molar-refractivity contribution in [1.29, 1.82) is 0 Å². The van der Waals surface area contributed by atoms with Gasteiger partial charge in [0.25, 0.3) is 5.91 Å². The van der Waals surface area contributed by atoms with E-state index in [4.69, 9.17) is 0 Å². The average Bonchev–Trinajstić information content (AvgIpc) is 3.03. The molecular formula is C16H26N2O2. The second kappa shape index (κ2) is 6.00. The van der Waals surface area contributed by atoms with Gasteiger partial charge in [-0.05, 0) is 30.4 Å². The van der Waals surface area contributed by atoms with Crippen LogP contribution in [0.5, 0.6) is 0 Å². The third-order valence-electron chi connectivity index (χ3n) is 4.19. The fourth-order valence-corrected chi connectivity index (χ4v) is 2.67. The summed E-state index contributed by atoms with van der Waals surface area (Å²) in [6.45, 7) is 6.18. The predicted molar refractivity (Wildman–Crippen MR) is 79.7 cm³/mol. The molecule has 1 atom stereocenters. The molecule has 0 bridgehead atoms. The number of carbonyl (C=O) groups excluding carboxylic acids is 1. The molecule has 0 aliphatic heterocycles. The van der Waals surface area contributed by atoms with Gasteiger partial charge >= 0.3 is 0 Å². The molecule has 2 rings (SSSR count). The van der Waals surface area contributed by atoms with Crippen LogP contribution in [0.25, 0.3) is 0 Å². The summed E-state index contributed by atoms with van der Waals surface area (Å²) in [7, 11) is 0. The van der Waals surface area contributed by atoms with Crippen LogP contribution in [-0.2, 0) is 0 Å². The van der Waals surface area contributed by atoms with Crippen LogP contribution in [-0.4, -0.2) is 28.2 Å². The van der Waals surface area contributed by atoms with Gasteiger partial charge in [-0.15, -0.1) is 0 Å². The molecule has 20 heavy (non-hydrogen) atoms. The molecule has 112 valence electrons. The molecule has 0 spiro atoms. The monoisotopic (exact) mass is 278 g/mol. The number of hydrogen-bond donors (Lipinski definition) is 2. The minimum atomic E-state index is -0.540. The third-order valence-corrected chi connectivity index (χ3v) is 4.19. The van der Waals surface area contributed by atoms with Crippen LogP contribution < -0.4 is 5.32 Å². The number of aliphatic hydroxyl groups excluding tert-OH is 1. The van der Waals surface area contributed by atoms with Gasteiger partial charge in [0.1, 0.15) is 5.69 Å². The molecule has 1 saturated carbocycles. The van der Waals surface area contributed by atoms with Crippen molar-refractivity contribution >= 4 is 5.91 Å². The van der Waals surface area contributed by atoms with Crippen molar-refractivity contribution < 1.29 is 9.90 Å². The Morgan fingerprint density at radius 1 is 1.45 bits per heavy atom. The molecule has 1 aliphatic carbocycles. The lowest BCUT2D eigenvalue weighted by atomic mass is 9.89. The largest absolute Gasteiger partial charge is 0.391 e. The topological polar surface area (TPSA) is 54.3 Å². The highest BCUT2D eigenvalue weighted by Crippen LogP contribution is 2.30. The first kappa shape index (κ1) is 15.1. The van der Waals surface area contributed by atoms with Gasteiger partial charge in [0.2, 0.25) is 0 Å². The maximum absolute atomic E-state index is 12.3. The van der Waals surface area contributed by atoms with Crippen molar-refractivity contribution in [2.45, 2.75) is 58.6 Å². The van der Waals surface area contributed by atoms with Crippen LogP contribution >= 0.6 is 0 Å². The number of nitrogens with one attached hydrogen (secondary N) is 1. The van der Waals surface area contributed by atoms with Gasteiger partial charge in [0.05, 0.1) is 6.10 Å². The van der Waals surface area contributed by atoms with Gasteiger partial charge in [-0.3, -0.25) is 4.79 Å². The molecule has 4 heteroatoms. The van der Waals surface area contributed by atoms with Gasteiger partial charge in [-0.25, -0.2) is 0 Å². The van der Waals surface area contributed by atoms with Crippen LogP contribution in [0.15, 0.2) is 18.3 Å². The number of amides is 1. The Labute approximate surface area is 121 Å². The normalized spacial score (nSPS) is 18.2. The van der Waals surface area contributed by atoms with E-state index >= 15 is 0 Å². The standard InChI is InChI=1S/C16H26N2O2/c1-16(2,3)14(19)11-17-15(20)13-9-6-10-18(13)12-7-4-5-8-12/h6,9-10,12,14,19H,4-5,7-8,11H2,1-3H3,(H,17,20). The van der Waals surface area contributed by atoms with Gasteiger partial charge in [-0.1, -0.05) is 33.6 Å². The lowest BCUT2D eigenvalue weighted by molar-refractivity contribution is 0.0583. The van der Waals surface area contributed by atoms with Crippen molar-refractivity contribution in [1.82, 2.24) is 9.88 Å². The summed E-state index contributed by atoms with van der Waals surface area (Å²) in [4.78, 5) is 12.3. The molecule has 1 aromatic heterocycles. The summed E-state index contributed by atoms with van der Waals surface area (Å²) >= 11 is 0. The van der Waals surface area contributed by atoms with E-state index in [2.05, 4.69) is 9.88 Å².